The summed E-state index contributed by atoms with van der Waals surface area (Å²) in [6.07, 6.45) is 4.24. The van der Waals surface area contributed by atoms with E-state index in [1.807, 2.05) is 31.2 Å². The summed E-state index contributed by atoms with van der Waals surface area (Å²) in [5.41, 5.74) is 8.06. The van der Waals surface area contributed by atoms with Crippen LogP contribution in [0.3, 0.4) is 0 Å². The van der Waals surface area contributed by atoms with Gasteiger partial charge < -0.3 is 24.1 Å². The molecule has 1 aromatic carbocycles. The molecule has 2 N–H and O–H groups in total. The number of carbonyl (C=O) groups is 1. The first-order valence-corrected chi connectivity index (χ1v) is 10.2. The number of nitrogens with zero attached hydrogens (tertiary/aromatic N) is 1. The molecule has 164 valence electrons. The molecule has 0 fully saturated rings. The van der Waals surface area contributed by atoms with E-state index in [1.54, 1.807) is 0 Å². The van der Waals surface area contributed by atoms with Crippen LogP contribution in [0, 0.1) is 5.53 Å². The zero-order valence-corrected chi connectivity index (χ0v) is 17.3. The molecule has 0 aliphatic rings. The van der Waals surface area contributed by atoms with Crippen LogP contribution in [0.25, 0.3) is 0 Å². The zero-order valence-electron chi connectivity index (χ0n) is 17.3. The van der Waals surface area contributed by atoms with Crippen molar-refractivity contribution in [1.82, 2.24) is 0 Å². The Kier molecular flexibility index (Phi) is 14.6. The minimum absolute atomic E-state index is 0.0197. The molecule has 0 amide bonds. The number of rotatable bonds is 19. The summed E-state index contributed by atoms with van der Waals surface area (Å²) in [6.45, 7) is 5.45. The fraction of sp³-hybridized carbons (Fsp3) is 0.667. The highest BCUT2D eigenvalue weighted by Crippen LogP contribution is 2.20. The third-order valence-corrected chi connectivity index (χ3v) is 4.21. The maximum Gasteiger partial charge on any atom is 0.305 e. The molecule has 0 heterocycles. The van der Waals surface area contributed by atoms with Gasteiger partial charge in [0.2, 0.25) is 0 Å². The molecule has 0 aliphatic heterocycles. The van der Waals surface area contributed by atoms with Crippen molar-refractivity contribution in [2.24, 2.45) is 5.11 Å². The largest absolute Gasteiger partial charge is 0.494 e. The molecule has 1 rings (SSSR count). The maximum atomic E-state index is 10.3. The minimum Gasteiger partial charge on any atom is -0.494 e. The summed E-state index contributed by atoms with van der Waals surface area (Å²) in [7, 11) is 0. The van der Waals surface area contributed by atoms with E-state index in [1.165, 1.54) is 0 Å². The minimum atomic E-state index is -0.857. The third-order valence-electron chi connectivity index (χ3n) is 4.21. The highest BCUT2D eigenvalue weighted by atomic mass is 16.5. The smallest absolute Gasteiger partial charge is 0.305 e. The van der Waals surface area contributed by atoms with E-state index in [2.05, 4.69) is 5.11 Å². The van der Waals surface area contributed by atoms with Crippen LogP contribution in [-0.4, -0.2) is 57.3 Å². The van der Waals surface area contributed by atoms with Crippen molar-refractivity contribution in [3.05, 3.63) is 29.8 Å². The van der Waals surface area contributed by atoms with E-state index >= 15 is 0 Å². The van der Waals surface area contributed by atoms with Gasteiger partial charge in [0.05, 0.1) is 52.1 Å². The number of nitrogens with one attached hydrogen (secondary N) is 1. The van der Waals surface area contributed by atoms with Crippen molar-refractivity contribution in [2.75, 3.05) is 46.2 Å². The van der Waals surface area contributed by atoms with Gasteiger partial charge in [-0.3, -0.25) is 4.79 Å². The van der Waals surface area contributed by atoms with E-state index < -0.39 is 5.97 Å². The van der Waals surface area contributed by atoms with Gasteiger partial charge in [0.1, 0.15) is 5.75 Å². The average molecular weight is 411 g/mol. The van der Waals surface area contributed by atoms with Crippen molar-refractivity contribution >= 4 is 5.97 Å². The summed E-state index contributed by atoms with van der Waals surface area (Å²) in [4.78, 5) is 10.3. The van der Waals surface area contributed by atoms with Gasteiger partial charge in [0, 0.05) is 6.61 Å². The molecular formula is C21H34N2O6. The van der Waals surface area contributed by atoms with Crippen LogP contribution in [0.15, 0.2) is 29.4 Å². The topological polar surface area (TPSA) is 110 Å². The van der Waals surface area contributed by atoms with Crippen LogP contribution in [-0.2, 0) is 19.0 Å². The lowest BCUT2D eigenvalue weighted by Crippen LogP contribution is -2.11. The molecule has 0 aromatic heterocycles. The van der Waals surface area contributed by atoms with Gasteiger partial charge in [0.15, 0.2) is 0 Å². The summed E-state index contributed by atoms with van der Waals surface area (Å²) in [5, 5.41) is 12.0. The fourth-order valence-electron chi connectivity index (χ4n) is 2.47. The van der Waals surface area contributed by atoms with Gasteiger partial charge in [-0.1, -0.05) is 18.6 Å². The van der Waals surface area contributed by atoms with Crippen LogP contribution in [0.2, 0.25) is 0 Å². The molecule has 0 radical (unpaired) electrons. The molecule has 0 saturated heterocycles. The SMILES string of the molecule is C[C@@H](N=N)c1ccc(OCCCCCCOCCOCCOCCC(=O)O)cc1. The van der Waals surface area contributed by atoms with Crippen LogP contribution < -0.4 is 4.74 Å². The lowest BCUT2D eigenvalue weighted by Gasteiger charge is -2.09. The molecule has 8 nitrogen and oxygen atoms in total. The Morgan fingerprint density at radius 1 is 0.897 bits per heavy atom. The van der Waals surface area contributed by atoms with Crippen molar-refractivity contribution in [3.63, 3.8) is 0 Å². The highest BCUT2D eigenvalue weighted by Gasteiger charge is 2.03. The second kappa shape index (κ2) is 16.9. The van der Waals surface area contributed by atoms with Crippen LogP contribution in [0.1, 0.15) is 50.6 Å². The van der Waals surface area contributed by atoms with E-state index in [0.29, 0.717) is 33.0 Å². The summed E-state index contributed by atoms with van der Waals surface area (Å²) < 4.78 is 21.7. The van der Waals surface area contributed by atoms with Crippen molar-refractivity contribution in [2.45, 2.75) is 45.1 Å². The second-order valence-electron chi connectivity index (χ2n) is 6.62. The molecule has 0 unspecified atom stereocenters. The quantitative estimate of drug-likeness (QED) is 0.261. The lowest BCUT2D eigenvalue weighted by molar-refractivity contribution is -0.138. The number of aliphatic carboxylic acids is 1. The maximum absolute atomic E-state index is 10.3. The predicted octanol–water partition coefficient (Wildman–Crippen LogP) is 4.24. The summed E-state index contributed by atoms with van der Waals surface area (Å²) in [6, 6.07) is 7.64. The Morgan fingerprint density at radius 2 is 1.45 bits per heavy atom. The molecule has 0 aliphatic carbocycles. The first-order valence-electron chi connectivity index (χ1n) is 10.2. The summed E-state index contributed by atoms with van der Waals surface area (Å²) in [5.74, 6) is -0.00787. The van der Waals surface area contributed by atoms with Crippen molar-refractivity contribution < 1.29 is 28.8 Å². The molecule has 0 spiro atoms. The Labute approximate surface area is 173 Å². The first-order chi connectivity index (χ1) is 14.1. The number of carboxylic acid groups (broad SMARTS) is 1. The molecule has 8 heteroatoms. The third kappa shape index (κ3) is 13.7. The van der Waals surface area contributed by atoms with Gasteiger partial charge in [-0.15, -0.1) is 0 Å². The van der Waals surface area contributed by atoms with Gasteiger partial charge >= 0.3 is 5.97 Å². The van der Waals surface area contributed by atoms with Crippen LogP contribution in [0.4, 0.5) is 0 Å². The molecule has 0 saturated carbocycles. The number of unbranched alkanes of at least 4 members (excludes halogenated alkanes) is 3. The number of ether oxygens (including phenoxy) is 4. The average Bonchev–Trinajstić information content (AvgIpc) is 2.73. The van der Waals surface area contributed by atoms with Gasteiger partial charge in [-0.2, -0.15) is 5.11 Å². The summed E-state index contributed by atoms with van der Waals surface area (Å²) >= 11 is 0. The normalized spacial score (nSPS) is 11.9. The molecule has 1 aromatic rings. The second-order valence-corrected chi connectivity index (χ2v) is 6.62. The first kappa shape index (κ1) is 25.0. The lowest BCUT2D eigenvalue weighted by atomic mass is 10.1. The number of carboxylic acids is 1. The Hall–Kier alpha value is -2.03. The molecule has 1 atom stereocenters. The van der Waals surface area contributed by atoms with E-state index in [-0.39, 0.29) is 19.1 Å². The number of benzene rings is 1. The predicted molar refractivity (Wildman–Crippen MR) is 109 cm³/mol. The van der Waals surface area contributed by atoms with Crippen LogP contribution in [0.5, 0.6) is 5.75 Å². The van der Waals surface area contributed by atoms with Crippen LogP contribution >= 0.6 is 0 Å². The Balaban J connectivity index is 1.83. The van der Waals surface area contributed by atoms with E-state index in [0.717, 1.165) is 43.6 Å². The Bertz CT molecular complexity index is 553. The van der Waals surface area contributed by atoms with Gasteiger partial charge in [-0.25, -0.2) is 5.53 Å². The molecular weight excluding hydrogens is 376 g/mol. The number of hydrogen-bond donors (Lipinski definition) is 2. The van der Waals surface area contributed by atoms with E-state index in [9.17, 15) is 4.79 Å². The highest BCUT2D eigenvalue weighted by molar-refractivity contribution is 5.66. The molecule has 29 heavy (non-hydrogen) atoms. The number of hydrogen-bond acceptors (Lipinski definition) is 7. The Morgan fingerprint density at radius 3 is 2.03 bits per heavy atom. The van der Waals surface area contributed by atoms with E-state index in [4.69, 9.17) is 29.6 Å². The van der Waals surface area contributed by atoms with Crippen molar-refractivity contribution in [3.8, 4) is 5.75 Å². The monoisotopic (exact) mass is 410 g/mol. The van der Waals surface area contributed by atoms with Crippen molar-refractivity contribution in [1.29, 1.82) is 5.53 Å². The fourth-order valence-corrected chi connectivity index (χ4v) is 2.47. The zero-order chi connectivity index (χ0) is 21.2. The van der Waals surface area contributed by atoms with Gasteiger partial charge in [0.25, 0.3) is 0 Å². The standard InChI is InChI=1S/C21H34N2O6/c1-18(23-22)19-6-8-20(9-7-19)29-12-5-3-2-4-11-26-14-16-28-17-15-27-13-10-21(24)25/h6-9,18,22H,2-5,10-17H2,1H3,(H,24,25)/t18-/m1/s1. The van der Waals surface area contributed by atoms with Gasteiger partial charge in [-0.05, 0) is 43.9 Å². The molecule has 0 bridgehead atoms.